The molecule has 3 heterocycles. The minimum atomic E-state index is -0.0537. The third-order valence-corrected chi connectivity index (χ3v) is 6.99. The van der Waals surface area contributed by atoms with Gasteiger partial charge in [0.15, 0.2) is 11.2 Å². The maximum Gasteiger partial charge on any atom is 0.292 e. The Morgan fingerprint density at radius 1 is 0.848 bits per heavy atom. The highest BCUT2D eigenvalue weighted by atomic mass is 16.5. The maximum atomic E-state index is 12.3. The minimum absolute atomic E-state index is 0.0294. The van der Waals surface area contributed by atoms with Gasteiger partial charge < -0.3 is 46.5 Å². The number of aryl methyl sites for hydroxylation is 1. The van der Waals surface area contributed by atoms with Gasteiger partial charge in [-0.3, -0.25) is 9.59 Å². The quantitative estimate of drug-likeness (QED) is 0.0765. The average molecular weight is 641 g/mol. The summed E-state index contributed by atoms with van der Waals surface area (Å²) in [5, 5.41) is 11.2. The number of hydrogen-bond acceptors (Lipinski definition) is 13. The second-order valence-electron chi connectivity index (χ2n) is 10.5. The van der Waals surface area contributed by atoms with Crippen LogP contribution in [0.5, 0.6) is 0 Å². The Hall–Kier alpha value is -4.38. The lowest BCUT2D eigenvalue weighted by molar-refractivity contribution is -0.123. The van der Waals surface area contributed by atoms with Gasteiger partial charge in [-0.1, -0.05) is 0 Å². The summed E-state index contributed by atoms with van der Waals surface area (Å²) in [5.41, 5.74) is 20.5. The van der Waals surface area contributed by atoms with Gasteiger partial charge in [0.2, 0.25) is 11.8 Å². The van der Waals surface area contributed by atoms with Gasteiger partial charge in [0.25, 0.3) is 6.01 Å². The molecule has 4 aromatic rings. The molecule has 250 valence electrons. The molecular formula is C30H44N10O6. The average Bonchev–Trinajstić information content (AvgIpc) is 3.61. The fraction of sp³-hybridized carbons (Fsp3) is 0.533. The van der Waals surface area contributed by atoms with Crippen molar-refractivity contribution in [2.24, 2.45) is 5.73 Å². The molecule has 0 aliphatic carbocycles. The highest BCUT2D eigenvalue weighted by molar-refractivity contribution is 5.99. The van der Waals surface area contributed by atoms with E-state index < -0.39 is 0 Å². The Bertz CT molecular complexity index is 1540. The van der Waals surface area contributed by atoms with Crippen molar-refractivity contribution in [2.75, 3.05) is 70.7 Å². The van der Waals surface area contributed by atoms with Crippen LogP contribution in [0.25, 0.3) is 33.4 Å². The number of carbonyl (C=O) groups is 2. The van der Waals surface area contributed by atoms with Crippen molar-refractivity contribution in [3.8, 4) is 11.3 Å². The van der Waals surface area contributed by atoms with Gasteiger partial charge in [-0.15, -0.1) is 0 Å². The summed E-state index contributed by atoms with van der Waals surface area (Å²) in [5.74, 6) is 0.253. The standard InChI is InChI=1S/C30H44N10O6/c31-9-13-43-15-17-45-18-16-44-14-11-35-25(42)6-2-1-5-24(41)34-10-3-4-12-40-29-26(28(32)36-20-37-29)27(39-40)21-7-8-23-22(19-21)38-30(33)46-23/h7-8,19-20H,1-6,9-18,31H2,(H2,33,38)(H,34,41)(H,35,42)(H2,32,36,37). The number of oxazole rings is 1. The zero-order valence-electron chi connectivity index (χ0n) is 26.0. The number of nitrogens with two attached hydrogens (primary N) is 3. The summed E-state index contributed by atoms with van der Waals surface area (Å²) >= 11 is 0. The molecule has 16 nitrogen and oxygen atoms in total. The maximum absolute atomic E-state index is 12.3. The van der Waals surface area contributed by atoms with Crippen molar-refractivity contribution in [1.82, 2.24) is 35.4 Å². The van der Waals surface area contributed by atoms with Gasteiger partial charge in [-0.2, -0.15) is 10.1 Å². The van der Waals surface area contributed by atoms with Crippen molar-refractivity contribution >= 4 is 45.8 Å². The first-order valence-corrected chi connectivity index (χ1v) is 15.6. The summed E-state index contributed by atoms with van der Waals surface area (Å²) in [4.78, 5) is 37.0. The Kier molecular flexibility index (Phi) is 13.9. The SMILES string of the molecule is NCCOCCOCCOCCNC(=O)CCCCC(=O)NCCCCn1nc(-c2ccc3oc(N)nc3c2)c2c(N)ncnc21. The van der Waals surface area contributed by atoms with Crippen molar-refractivity contribution in [1.29, 1.82) is 0 Å². The highest BCUT2D eigenvalue weighted by Gasteiger charge is 2.18. The van der Waals surface area contributed by atoms with Crippen LogP contribution in [0, 0.1) is 0 Å². The Morgan fingerprint density at radius 2 is 1.54 bits per heavy atom. The van der Waals surface area contributed by atoms with Crippen molar-refractivity contribution in [3.63, 3.8) is 0 Å². The molecule has 0 fully saturated rings. The van der Waals surface area contributed by atoms with Crippen LogP contribution < -0.4 is 27.8 Å². The monoisotopic (exact) mass is 640 g/mol. The van der Waals surface area contributed by atoms with E-state index in [1.807, 2.05) is 12.1 Å². The number of nitrogens with zero attached hydrogens (tertiary/aromatic N) is 5. The van der Waals surface area contributed by atoms with E-state index in [0.717, 1.165) is 18.4 Å². The molecule has 16 heteroatoms. The van der Waals surface area contributed by atoms with E-state index in [-0.39, 0.29) is 17.8 Å². The predicted octanol–water partition coefficient (Wildman–Crippen LogP) is 1.38. The van der Waals surface area contributed by atoms with Crippen molar-refractivity contribution in [3.05, 3.63) is 24.5 Å². The molecule has 46 heavy (non-hydrogen) atoms. The van der Waals surface area contributed by atoms with Gasteiger partial charge in [0.1, 0.15) is 23.4 Å². The zero-order chi connectivity index (χ0) is 32.6. The molecule has 4 rings (SSSR count). The molecule has 3 aromatic heterocycles. The molecule has 0 saturated heterocycles. The highest BCUT2D eigenvalue weighted by Crippen LogP contribution is 2.32. The predicted molar refractivity (Wildman–Crippen MR) is 172 cm³/mol. The smallest absolute Gasteiger partial charge is 0.292 e. The normalized spacial score (nSPS) is 11.4. The van der Waals surface area contributed by atoms with Gasteiger partial charge >= 0.3 is 0 Å². The molecule has 0 spiro atoms. The number of benzene rings is 1. The third kappa shape index (κ3) is 10.6. The number of carbonyl (C=O) groups excluding carboxylic acids is 2. The number of rotatable bonds is 22. The number of anilines is 2. The fourth-order valence-electron chi connectivity index (χ4n) is 4.73. The molecule has 0 atom stereocenters. The molecule has 0 saturated carbocycles. The van der Waals surface area contributed by atoms with Crippen LogP contribution in [0.3, 0.4) is 0 Å². The summed E-state index contributed by atoms with van der Waals surface area (Å²) in [7, 11) is 0. The molecule has 0 unspecified atom stereocenters. The van der Waals surface area contributed by atoms with Crippen molar-refractivity contribution < 1.29 is 28.2 Å². The zero-order valence-corrected chi connectivity index (χ0v) is 26.0. The molecule has 0 bridgehead atoms. The molecule has 0 aliphatic heterocycles. The Labute approximate surface area is 266 Å². The van der Waals surface area contributed by atoms with E-state index in [2.05, 4.69) is 25.6 Å². The van der Waals surface area contributed by atoms with E-state index in [9.17, 15) is 9.59 Å². The summed E-state index contributed by atoms with van der Waals surface area (Å²) in [6.07, 6.45) is 4.95. The minimum Gasteiger partial charge on any atom is -0.424 e. The lowest BCUT2D eigenvalue weighted by atomic mass is 10.1. The summed E-state index contributed by atoms with van der Waals surface area (Å²) in [6, 6.07) is 5.59. The number of nitrogens with one attached hydrogen (secondary N) is 2. The number of unbranched alkanes of at least 4 members (excludes halogenated alkanes) is 2. The van der Waals surface area contributed by atoms with Crippen LogP contribution in [-0.2, 0) is 30.3 Å². The van der Waals surface area contributed by atoms with Crippen molar-refractivity contribution in [2.45, 2.75) is 45.1 Å². The van der Waals surface area contributed by atoms with Gasteiger partial charge in [0, 0.05) is 44.6 Å². The second kappa shape index (κ2) is 18.6. The molecular weight excluding hydrogens is 596 g/mol. The van der Waals surface area contributed by atoms with Crippen LogP contribution >= 0.6 is 0 Å². The van der Waals surface area contributed by atoms with E-state index in [4.69, 9.17) is 40.9 Å². The molecule has 8 N–H and O–H groups in total. The van der Waals surface area contributed by atoms with Crippen LogP contribution in [0.15, 0.2) is 28.9 Å². The first-order chi connectivity index (χ1) is 22.5. The van der Waals surface area contributed by atoms with E-state index in [0.29, 0.717) is 125 Å². The van der Waals surface area contributed by atoms with Gasteiger partial charge in [-0.25, -0.2) is 14.6 Å². The van der Waals surface area contributed by atoms with E-state index >= 15 is 0 Å². The fourth-order valence-corrected chi connectivity index (χ4v) is 4.73. The molecule has 1 aromatic carbocycles. The number of nitrogen functional groups attached to an aromatic ring is 2. The second-order valence-corrected chi connectivity index (χ2v) is 10.5. The summed E-state index contributed by atoms with van der Waals surface area (Å²) < 4.78 is 23.2. The third-order valence-electron chi connectivity index (χ3n) is 6.99. The van der Waals surface area contributed by atoms with E-state index in [1.54, 1.807) is 10.7 Å². The number of fused-ring (bicyclic) bond motifs is 2. The molecule has 0 radical (unpaired) electrons. The van der Waals surface area contributed by atoms with Gasteiger partial charge in [-0.05, 0) is 43.9 Å². The Balaban J connectivity index is 1.07. The molecule has 0 aliphatic rings. The number of ether oxygens (including phenoxy) is 3. The van der Waals surface area contributed by atoms with Crippen LogP contribution in [0.1, 0.15) is 38.5 Å². The Morgan fingerprint density at radius 3 is 2.28 bits per heavy atom. The van der Waals surface area contributed by atoms with Gasteiger partial charge in [0.05, 0.1) is 45.0 Å². The first-order valence-electron chi connectivity index (χ1n) is 15.6. The number of hydrogen-bond donors (Lipinski definition) is 5. The summed E-state index contributed by atoms with van der Waals surface area (Å²) in [6.45, 7) is 4.92. The molecule has 2 amide bonds. The number of amides is 2. The van der Waals surface area contributed by atoms with Crippen LogP contribution in [-0.4, -0.2) is 95.8 Å². The topological polar surface area (TPSA) is 234 Å². The number of aromatic nitrogens is 5. The lowest BCUT2D eigenvalue weighted by Crippen LogP contribution is -2.27. The lowest BCUT2D eigenvalue weighted by Gasteiger charge is -2.08. The first kappa shape index (κ1) is 34.5. The van der Waals surface area contributed by atoms with Crippen LogP contribution in [0.2, 0.25) is 0 Å². The van der Waals surface area contributed by atoms with Crippen LogP contribution in [0.4, 0.5) is 11.8 Å². The van der Waals surface area contributed by atoms with E-state index in [1.165, 1.54) is 6.33 Å². The largest absolute Gasteiger partial charge is 0.424 e.